The zero-order chi connectivity index (χ0) is 18.7. The van der Waals surface area contributed by atoms with Crippen LogP contribution in [-0.4, -0.2) is 34.6 Å². The Morgan fingerprint density at radius 3 is 2.88 bits per heavy atom. The van der Waals surface area contributed by atoms with Gasteiger partial charge in [-0.2, -0.15) is 0 Å². The number of amides is 2. The van der Waals surface area contributed by atoms with Crippen LogP contribution in [0.4, 0.5) is 11.5 Å². The van der Waals surface area contributed by atoms with Crippen LogP contribution in [0.5, 0.6) is 5.75 Å². The van der Waals surface area contributed by atoms with Crippen LogP contribution in [0.2, 0.25) is 0 Å². The van der Waals surface area contributed by atoms with Crippen molar-refractivity contribution in [2.45, 2.75) is 24.4 Å². The van der Waals surface area contributed by atoms with Crippen molar-refractivity contribution in [2.24, 2.45) is 0 Å². The maximum absolute atomic E-state index is 12.8. The van der Waals surface area contributed by atoms with Crippen molar-refractivity contribution >= 4 is 35.1 Å². The van der Waals surface area contributed by atoms with E-state index in [9.17, 15) is 14.4 Å². The number of fused-ring (bicyclic) bond motifs is 1. The SMILES string of the molecule is CCSc1nc2c(c(=O)[nH]1)[C@H](C(=O)Nc1ccccc1OC)CC(=O)N2. The van der Waals surface area contributed by atoms with Crippen molar-refractivity contribution in [3.63, 3.8) is 0 Å². The van der Waals surface area contributed by atoms with Crippen molar-refractivity contribution in [1.29, 1.82) is 0 Å². The van der Waals surface area contributed by atoms with Gasteiger partial charge in [0.2, 0.25) is 11.8 Å². The average molecular weight is 374 g/mol. The molecule has 1 atom stereocenters. The fraction of sp³-hybridized carbons (Fsp3) is 0.294. The molecule has 0 saturated heterocycles. The number of benzene rings is 1. The summed E-state index contributed by atoms with van der Waals surface area (Å²) in [5.41, 5.74) is 0.207. The lowest BCUT2D eigenvalue weighted by Gasteiger charge is -2.23. The van der Waals surface area contributed by atoms with Gasteiger partial charge in [-0.25, -0.2) is 4.98 Å². The number of rotatable bonds is 5. The van der Waals surface area contributed by atoms with E-state index in [1.165, 1.54) is 18.9 Å². The Balaban J connectivity index is 1.95. The van der Waals surface area contributed by atoms with Crippen molar-refractivity contribution in [3.8, 4) is 5.75 Å². The largest absolute Gasteiger partial charge is 0.495 e. The summed E-state index contributed by atoms with van der Waals surface area (Å²) >= 11 is 1.35. The van der Waals surface area contributed by atoms with Gasteiger partial charge in [-0.3, -0.25) is 14.4 Å². The Kier molecular flexibility index (Phi) is 5.27. The van der Waals surface area contributed by atoms with Gasteiger partial charge in [0, 0.05) is 6.42 Å². The number of nitrogens with one attached hydrogen (secondary N) is 3. The summed E-state index contributed by atoms with van der Waals surface area (Å²) in [4.78, 5) is 44.2. The first kappa shape index (κ1) is 18.0. The lowest BCUT2D eigenvalue weighted by Crippen LogP contribution is -2.36. The highest BCUT2D eigenvalue weighted by Gasteiger charge is 2.35. The minimum Gasteiger partial charge on any atom is -0.495 e. The standard InChI is InChI=1S/C17H18N4O4S/c1-3-26-17-20-14-13(16(24)21-17)9(8-12(22)19-14)15(23)18-10-6-4-5-7-11(10)25-2/h4-7,9H,3,8H2,1-2H3,(H,18,23)(H2,19,20,21,22,24)/t9-/m1/s1. The Morgan fingerprint density at radius 1 is 1.38 bits per heavy atom. The van der Waals surface area contributed by atoms with Gasteiger partial charge in [-0.1, -0.05) is 30.8 Å². The minimum absolute atomic E-state index is 0.126. The zero-order valence-electron chi connectivity index (χ0n) is 14.3. The number of H-pyrrole nitrogens is 1. The molecular formula is C17H18N4O4S. The molecule has 1 aromatic carbocycles. The number of hydrogen-bond acceptors (Lipinski definition) is 6. The molecule has 0 saturated carbocycles. The topological polar surface area (TPSA) is 113 Å². The molecule has 0 fully saturated rings. The number of ether oxygens (including phenoxy) is 1. The number of methoxy groups -OCH3 is 1. The van der Waals surface area contributed by atoms with Crippen molar-refractivity contribution in [2.75, 3.05) is 23.5 Å². The van der Waals surface area contributed by atoms with E-state index in [1.807, 2.05) is 6.92 Å². The number of aromatic amines is 1. The normalized spacial score (nSPS) is 15.8. The van der Waals surface area contributed by atoms with Gasteiger partial charge in [0.1, 0.15) is 11.6 Å². The highest BCUT2D eigenvalue weighted by Crippen LogP contribution is 2.31. The molecule has 0 spiro atoms. The van der Waals surface area contributed by atoms with Gasteiger partial charge in [0.25, 0.3) is 5.56 Å². The maximum Gasteiger partial charge on any atom is 0.257 e. The van der Waals surface area contributed by atoms with Crippen LogP contribution >= 0.6 is 11.8 Å². The third-order valence-electron chi connectivity index (χ3n) is 3.89. The molecule has 1 aromatic heterocycles. The Hall–Kier alpha value is -2.81. The fourth-order valence-corrected chi connectivity index (χ4v) is 3.34. The van der Waals surface area contributed by atoms with Crippen molar-refractivity contribution in [3.05, 3.63) is 40.2 Å². The molecule has 136 valence electrons. The first-order valence-corrected chi connectivity index (χ1v) is 9.02. The summed E-state index contributed by atoms with van der Waals surface area (Å²) in [5, 5.41) is 5.72. The van der Waals surface area contributed by atoms with Crippen LogP contribution in [0.3, 0.4) is 0 Å². The second-order valence-corrected chi connectivity index (χ2v) is 6.81. The zero-order valence-corrected chi connectivity index (χ0v) is 15.1. The second-order valence-electron chi connectivity index (χ2n) is 5.56. The first-order chi connectivity index (χ1) is 12.5. The minimum atomic E-state index is -0.930. The number of para-hydroxylation sites is 2. The number of aromatic nitrogens is 2. The van der Waals surface area contributed by atoms with E-state index in [2.05, 4.69) is 20.6 Å². The number of carbonyl (C=O) groups excluding carboxylic acids is 2. The van der Waals surface area contributed by atoms with Crippen LogP contribution in [0.25, 0.3) is 0 Å². The molecule has 2 heterocycles. The molecule has 3 N–H and O–H groups in total. The molecule has 26 heavy (non-hydrogen) atoms. The molecule has 0 radical (unpaired) electrons. The van der Waals surface area contributed by atoms with Gasteiger partial charge in [0.05, 0.1) is 24.3 Å². The van der Waals surface area contributed by atoms with Gasteiger partial charge >= 0.3 is 0 Å². The fourth-order valence-electron chi connectivity index (χ4n) is 2.75. The van der Waals surface area contributed by atoms with E-state index >= 15 is 0 Å². The molecule has 1 aliphatic rings. The van der Waals surface area contributed by atoms with E-state index in [1.54, 1.807) is 24.3 Å². The Labute approximate surface area is 153 Å². The molecule has 0 unspecified atom stereocenters. The van der Waals surface area contributed by atoms with E-state index in [4.69, 9.17) is 4.74 Å². The van der Waals surface area contributed by atoms with Crippen molar-refractivity contribution in [1.82, 2.24) is 9.97 Å². The molecule has 2 amide bonds. The number of nitrogens with zero attached hydrogens (tertiary/aromatic N) is 1. The number of thioether (sulfide) groups is 1. The third kappa shape index (κ3) is 3.57. The highest BCUT2D eigenvalue weighted by molar-refractivity contribution is 7.99. The number of anilines is 2. The summed E-state index contributed by atoms with van der Waals surface area (Å²) in [6.07, 6.45) is -0.126. The van der Waals surface area contributed by atoms with Crippen LogP contribution < -0.4 is 20.9 Å². The predicted molar refractivity (Wildman–Crippen MR) is 98.9 cm³/mol. The van der Waals surface area contributed by atoms with Crippen LogP contribution in [-0.2, 0) is 9.59 Å². The summed E-state index contributed by atoms with van der Waals surface area (Å²) < 4.78 is 5.21. The van der Waals surface area contributed by atoms with Gasteiger partial charge in [-0.05, 0) is 17.9 Å². The molecule has 2 aromatic rings. The van der Waals surface area contributed by atoms with Crippen LogP contribution in [0, 0.1) is 0 Å². The van der Waals surface area contributed by atoms with E-state index in [0.29, 0.717) is 22.3 Å². The highest BCUT2D eigenvalue weighted by atomic mass is 32.2. The molecule has 9 heteroatoms. The van der Waals surface area contributed by atoms with Gasteiger partial charge in [0.15, 0.2) is 5.16 Å². The average Bonchev–Trinajstić information content (AvgIpc) is 2.61. The van der Waals surface area contributed by atoms with Crippen molar-refractivity contribution < 1.29 is 14.3 Å². The third-order valence-corrected chi connectivity index (χ3v) is 4.65. The molecule has 8 nitrogen and oxygen atoms in total. The first-order valence-electron chi connectivity index (χ1n) is 8.04. The van der Waals surface area contributed by atoms with E-state index in [0.717, 1.165) is 0 Å². The smallest absolute Gasteiger partial charge is 0.257 e. The summed E-state index contributed by atoms with van der Waals surface area (Å²) in [5.74, 6) is -0.408. The van der Waals surface area contributed by atoms with E-state index < -0.39 is 17.4 Å². The van der Waals surface area contributed by atoms with Gasteiger partial charge in [-0.15, -0.1) is 0 Å². The summed E-state index contributed by atoms with van der Waals surface area (Å²) in [7, 11) is 1.50. The lowest BCUT2D eigenvalue weighted by molar-refractivity contribution is -0.123. The molecule has 0 aliphatic carbocycles. The predicted octanol–water partition coefficient (Wildman–Crippen LogP) is 1.95. The molecule has 1 aliphatic heterocycles. The lowest BCUT2D eigenvalue weighted by atomic mass is 9.92. The maximum atomic E-state index is 12.8. The van der Waals surface area contributed by atoms with Gasteiger partial charge < -0.3 is 20.4 Å². The van der Waals surface area contributed by atoms with Crippen LogP contribution in [0.15, 0.2) is 34.2 Å². The Morgan fingerprint density at radius 2 is 2.15 bits per heavy atom. The molecule has 3 rings (SSSR count). The molecular weight excluding hydrogens is 356 g/mol. The molecule has 0 bridgehead atoms. The number of carbonyl (C=O) groups is 2. The summed E-state index contributed by atoms with van der Waals surface area (Å²) in [6.45, 7) is 1.92. The Bertz CT molecular complexity index is 912. The number of hydrogen-bond donors (Lipinski definition) is 3. The second kappa shape index (κ2) is 7.61. The van der Waals surface area contributed by atoms with E-state index in [-0.39, 0.29) is 23.7 Å². The summed E-state index contributed by atoms with van der Waals surface area (Å²) in [6, 6.07) is 6.92. The van der Waals surface area contributed by atoms with Crippen LogP contribution in [0.1, 0.15) is 24.8 Å². The monoisotopic (exact) mass is 374 g/mol. The quantitative estimate of drug-likeness (QED) is 0.545.